The molecule has 0 spiro atoms. The lowest BCUT2D eigenvalue weighted by atomic mass is 9.76. The molecular formula is C24H28N2O2. The monoisotopic (exact) mass is 376 g/mol. The summed E-state index contributed by atoms with van der Waals surface area (Å²) in [5.74, 6) is 1.60. The highest BCUT2D eigenvalue weighted by atomic mass is 16.5. The molecule has 146 valence electrons. The molecule has 1 aliphatic heterocycles. The van der Waals surface area contributed by atoms with E-state index in [2.05, 4.69) is 41.0 Å². The quantitative estimate of drug-likeness (QED) is 0.737. The third-order valence-corrected chi connectivity index (χ3v) is 5.57. The maximum Gasteiger partial charge on any atom is 0.251 e. The van der Waals surface area contributed by atoms with Gasteiger partial charge in [-0.1, -0.05) is 24.3 Å². The lowest BCUT2D eigenvalue weighted by Gasteiger charge is -2.38. The second-order valence-electron chi connectivity index (χ2n) is 8.76. The van der Waals surface area contributed by atoms with Crippen LogP contribution in [0.4, 0.5) is 5.69 Å². The molecule has 3 unspecified atom stereocenters. The standard InChI is InChI=1S/C24H28N2O2/c1-24(2,3)26-23(27)16-11-12-21-20(14-16)18-9-6-10-19(18)22(25-21)15-7-5-8-17(13-15)28-4/h5-9,11-14,18-19,22,25H,10H2,1-4H3,(H,26,27). The van der Waals surface area contributed by atoms with Crippen LogP contribution in [0.15, 0.2) is 54.6 Å². The van der Waals surface area contributed by atoms with Crippen LogP contribution in [-0.2, 0) is 0 Å². The van der Waals surface area contributed by atoms with Crippen LogP contribution in [0.5, 0.6) is 5.75 Å². The predicted molar refractivity (Wildman–Crippen MR) is 113 cm³/mol. The molecule has 1 amide bonds. The number of hydrogen-bond acceptors (Lipinski definition) is 3. The molecule has 1 aliphatic carbocycles. The first-order valence-corrected chi connectivity index (χ1v) is 9.89. The number of methoxy groups -OCH3 is 1. The summed E-state index contributed by atoms with van der Waals surface area (Å²) < 4.78 is 5.42. The Balaban J connectivity index is 1.68. The summed E-state index contributed by atoms with van der Waals surface area (Å²) in [6, 6.07) is 14.5. The average molecular weight is 377 g/mol. The van der Waals surface area contributed by atoms with Gasteiger partial charge in [-0.05, 0) is 74.6 Å². The third-order valence-electron chi connectivity index (χ3n) is 5.57. The van der Waals surface area contributed by atoms with Gasteiger partial charge in [-0.3, -0.25) is 4.79 Å². The van der Waals surface area contributed by atoms with E-state index >= 15 is 0 Å². The number of allylic oxidation sites excluding steroid dienone is 2. The Labute approximate surface area is 167 Å². The minimum Gasteiger partial charge on any atom is -0.497 e. The van der Waals surface area contributed by atoms with E-state index in [0.717, 1.165) is 17.9 Å². The van der Waals surface area contributed by atoms with Gasteiger partial charge in [0.2, 0.25) is 0 Å². The number of benzene rings is 2. The summed E-state index contributed by atoms with van der Waals surface area (Å²) in [4.78, 5) is 12.6. The van der Waals surface area contributed by atoms with Gasteiger partial charge in [-0.2, -0.15) is 0 Å². The van der Waals surface area contributed by atoms with Crippen molar-refractivity contribution >= 4 is 11.6 Å². The number of amides is 1. The Kier molecular flexibility index (Phi) is 4.66. The molecule has 0 saturated heterocycles. The molecule has 1 heterocycles. The molecule has 0 aromatic heterocycles. The highest BCUT2D eigenvalue weighted by Crippen LogP contribution is 2.50. The van der Waals surface area contributed by atoms with Gasteiger partial charge in [0.1, 0.15) is 5.75 Å². The summed E-state index contributed by atoms with van der Waals surface area (Å²) in [5, 5.41) is 6.78. The summed E-state index contributed by atoms with van der Waals surface area (Å²) in [7, 11) is 1.70. The molecule has 0 radical (unpaired) electrons. The first kappa shape index (κ1) is 18.6. The van der Waals surface area contributed by atoms with Gasteiger partial charge in [-0.25, -0.2) is 0 Å². The zero-order chi connectivity index (χ0) is 19.9. The first-order chi connectivity index (χ1) is 13.4. The Morgan fingerprint density at radius 3 is 2.75 bits per heavy atom. The van der Waals surface area contributed by atoms with Crippen LogP contribution < -0.4 is 15.4 Å². The van der Waals surface area contributed by atoms with E-state index in [1.54, 1.807) is 7.11 Å². The number of carbonyl (C=O) groups is 1. The van der Waals surface area contributed by atoms with Gasteiger partial charge in [0.15, 0.2) is 0 Å². The number of carbonyl (C=O) groups excluding carboxylic acids is 1. The van der Waals surface area contributed by atoms with Crippen molar-refractivity contribution in [3.05, 3.63) is 71.3 Å². The molecule has 4 nitrogen and oxygen atoms in total. The van der Waals surface area contributed by atoms with Crippen LogP contribution in [0.2, 0.25) is 0 Å². The van der Waals surface area contributed by atoms with Crippen molar-refractivity contribution in [2.45, 2.75) is 44.7 Å². The van der Waals surface area contributed by atoms with Gasteiger partial charge in [0.05, 0.1) is 13.2 Å². The van der Waals surface area contributed by atoms with Crippen molar-refractivity contribution in [2.24, 2.45) is 5.92 Å². The second kappa shape index (κ2) is 7.01. The molecule has 2 aliphatic rings. The lowest BCUT2D eigenvalue weighted by Crippen LogP contribution is -2.40. The van der Waals surface area contributed by atoms with Crippen molar-refractivity contribution in [3.8, 4) is 5.75 Å². The number of anilines is 1. The van der Waals surface area contributed by atoms with Crippen LogP contribution in [0.3, 0.4) is 0 Å². The Morgan fingerprint density at radius 2 is 2.00 bits per heavy atom. The van der Waals surface area contributed by atoms with Crippen LogP contribution >= 0.6 is 0 Å². The fourth-order valence-electron chi connectivity index (χ4n) is 4.31. The molecule has 2 N–H and O–H groups in total. The second-order valence-corrected chi connectivity index (χ2v) is 8.76. The summed E-state index contributed by atoms with van der Waals surface area (Å²) >= 11 is 0. The fraction of sp³-hybridized carbons (Fsp3) is 0.375. The molecule has 3 atom stereocenters. The summed E-state index contributed by atoms with van der Waals surface area (Å²) in [5.41, 5.74) is 4.01. The molecule has 2 aromatic carbocycles. The molecule has 28 heavy (non-hydrogen) atoms. The molecular weight excluding hydrogens is 348 g/mol. The summed E-state index contributed by atoms with van der Waals surface area (Å²) in [6.07, 6.45) is 5.58. The minimum atomic E-state index is -0.251. The zero-order valence-electron chi connectivity index (χ0n) is 17.0. The van der Waals surface area contributed by atoms with E-state index < -0.39 is 0 Å². The van der Waals surface area contributed by atoms with Crippen LogP contribution in [0.25, 0.3) is 0 Å². The average Bonchev–Trinajstić information content (AvgIpc) is 3.15. The van der Waals surface area contributed by atoms with E-state index in [-0.39, 0.29) is 17.5 Å². The highest BCUT2D eigenvalue weighted by Gasteiger charge is 2.38. The van der Waals surface area contributed by atoms with Crippen molar-refractivity contribution < 1.29 is 9.53 Å². The molecule has 4 heteroatoms. The largest absolute Gasteiger partial charge is 0.497 e. The van der Waals surface area contributed by atoms with E-state index in [0.29, 0.717) is 17.4 Å². The van der Waals surface area contributed by atoms with E-state index in [4.69, 9.17) is 4.74 Å². The Bertz CT molecular complexity index is 926. The number of nitrogens with one attached hydrogen (secondary N) is 2. The molecule has 0 bridgehead atoms. The SMILES string of the molecule is COc1cccc(C2Nc3ccc(C(=O)NC(C)(C)C)cc3C3C=CCC32)c1. The van der Waals surface area contributed by atoms with Crippen molar-refractivity contribution in [1.82, 2.24) is 5.32 Å². The highest BCUT2D eigenvalue weighted by molar-refractivity contribution is 5.95. The maximum absolute atomic E-state index is 12.6. The molecule has 0 fully saturated rings. The maximum atomic E-state index is 12.6. The fourth-order valence-corrected chi connectivity index (χ4v) is 4.31. The smallest absolute Gasteiger partial charge is 0.251 e. The van der Waals surface area contributed by atoms with Crippen LogP contribution in [0.1, 0.15) is 60.6 Å². The predicted octanol–water partition coefficient (Wildman–Crippen LogP) is 5.05. The third kappa shape index (κ3) is 3.51. The van der Waals surface area contributed by atoms with Gasteiger partial charge in [0.25, 0.3) is 5.91 Å². The molecule has 2 aromatic rings. The lowest BCUT2D eigenvalue weighted by molar-refractivity contribution is 0.0919. The normalized spacial score (nSPS) is 22.8. The van der Waals surface area contributed by atoms with E-state index in [9.17, 15) is 4.79 Å². The number of fused-ring (bicyclic) bond motifs is 3. The Hall–Kier alpha value is -2.75. The van der Waals surface area contributed by atoms with Crippen molar-refractivity contribution in [1.29, 1.82) is 0 Å². The van der Waals surface area contributed by atoms with E-state index in [1.807, 2.05) is 45.0 Å². The van der Waals surface area contributed by atoms with E-state index in [1.165, 1.54) is 11.1 Å². The topological polar surface area (TPSA) is 50.4 Å². The molecule has 4 rings (SSSR count). The minimum absolute atomic E-state index is 0.0243. The van der Waals surface area contributed by atoms with Crippen LogP contribution in [-0.4, -0.2) is 18.6 Å². The van der Waals surface area contributed by atoms with Gasteiger partial charge in [0, 0.05) is 22.7 Å². The van der Waals surface area contributed by atoms with Crippen molar-refractivity contribution in [3.63, 3.8) is 0 Å². The van der Waals surface area contributed by atoms with Gasteiger partial charge < -0.3 is 15.4 Å². The zero-order valence-corrected chi connectivity index (χ0v) is 17.0. The number of rotatable bonds is 3. The van der Waals surface area contributed by atoms with Gasteiger partial charge >= 0.3 is 0 Å². The first-order valence-electron chi connectivity index (χ1n) is 9.89. The van der Waals surface area contributed by atoms with Crippen LogP contribution in [0, 0.1) is 5.92 Å². The Morgan fingerprint density at radius 1 is 1.18 bits per heavy atom. The number of hydrogen-bond donors (Lipinski definition) is 2. The summed E-state index contributed by atoms with van der Waals surface area (Å²) in [6.45, 7) is 6.00. The molecule has 0 saturated carbocycles. The number of ether oxygens (including phenoxy) is 1. The van der Waals surface area contributed by atoms with Gasteiger partial charge in [-0.15, -0.1) is 0 Å². The van der Waals surface area contributed by atoms with Crippen molar-refractivity contribution in [2.75, 3.05) is 12.4 Å².